The molecule has 0 amide bonds. The Morgan fingerprint density at radius 3 is 1.50 bits per heavy atom. The molecular weight excluding hydrogens is 440 g/mol. The third kappa shape index (κ3) is 7.53. The van der Waals surface area contributed by atoms with E-state index in [0.717, 1.165) is 37.1 Å². The third-order valence-electron chi connectivity index (χ3n) is 6.47. The van der Waals surface area contributed by atoms with Crippen LogP contribution in [-0.2, 0) is 30.7 Å². The van der Waals surface area contributed by atoms with Crippen molar-refractivity contribution >= 4 is 6.29 Å². The molecule has 0 aromatic heterocycles. The van der Waals surface area contributed by atoms with Gasteiger partial charge in [0.05, 0.1) is 5.92 Å². The molecule has 0 aliphatic rings. The van der Waals surface area contributed by atoms with E-state index >= 15 is 0 Å². The summed E-state index contributed by atoms with van der Waals surface area (Å²) in [4.78, 5) is 15.0. The summed E-state index contributed by atoms with van der Waals surface area (Å²) in [5.74, 6) is -0.346. The van der Waals surface area contributed by atoms with E-state index in [-0.39, 0.29) is 12.0 Å². The van der Waals surface area contributed by atoms with Crippen molar-refractivity contribution in [2.75, 3.05) is 0 Å². The lowest BCUT2D eigenvalue weighted by atomic mass is 9.90. The normalized spacial score (nSPS) is 13.3. The van der Waals surface area contributed by atoms with Crippen LogP contribution in [0.5, 0.6) is 0 Å². The van der Waals surface area contributed by atoms with Gasteiger partial charge in [-0.05, 0) is 28.7 Å². The molecule has 3 heteroatoms. The summed E-state index contributed by atoms with van der Waals surface area (Å²) in [5.41, 5.74) is 12.0. The maximum Gasteiger partial charge on any atom is 0.128 e. The Hall–Kier alpha value is -3.95. The van der Waals surface area contributed by atoms with E-state index in [2.05, 4.69) is 89.8 Å². The van der Waals surface area contributed by atoms with Crippen molar-refractivity contribution in [1.29, 1.82) is 0 Å². The maximum absolute atomic E-state index is 12.6. The second kappa shape index (κ2) is 13.2. The first-order chi connectivity index (χ1) is 17.7. The number of hydrogen-bond donors (Lipinski definition) is 1. The van der Waals surface area contributed by atoms with Crippen LogP contribution in [0, 0.1) is 5.92 Å². The topological polar surface area (TPSA) is 46.3 Å². The minimum Gasteiger partial charge on any atom is -0.402 e. The lowest BCUT2D eigenvalue weighted by Crippen LogP contribution is -2.42. The van der Waals surface area contributed by atoms with Crippen molar-refractivity contribution in [2.45, 2.75) is 32.0 Å². The van der Waals surface area contributed by atoms with Gasteiger partial charge in [0.1, 0.15) is 6.29 Å². The molecule has 2 unspecified atom stereocenters. The first-order valence-corrected chi connectivity index (χ1v) is 12.5. The number of carbonyl (C=O) groups is 1. The van der Waals surface area contributed by atoms with Gasteiger partial charge in [-0.15, -0.1) is 0 Å². The first kappa shape index (κ1) is 25.2. The van der Waals surface area contributed by atoms with Crippen LogP contribution in [-0.4, -0.2) is 17.2 Å². The molecule has 3 nitrogen and oxygen atoms in total. The van der Waals surface area contributed by atoms with Gasteiger partial charge in [0, 0.05) is 31.2 Å². The van der Waals surface area contributed by atoms with Crippen molar-refractivity contribution < 1.29 is 4.79 Å². The van der Waals surface area contributed by atoms with Crippen LogP contribution in [0.1, 0.15) is 22.3 Å². The van der Waals surface area contributed by atoms with Crippen LogP contribution in [0.2, 0.25) is 0 Å². The summed E-state index contributed by atoms with van der Waals surface area (Å²) < 4.78 is 0. The number of nitrogens with two attached hydrogens (primary N) is 1. The Bertz CT molecular complexity index is 1170. The lowest BCUT2D eigenvalue weighted by Gasteiger charge is -2.35. The van der Waals surface area contributed by atoms with Crippen LogP contribution in [0.4, 0.5) is 0 Å². The summed E-state index contributed by atoms with van der Waals surface area (Å²) in [6, 6.07) is 41.4. The second-order valence-electron chi connectivity index (χ2n) is 9.25. The molecule has 4 aromatic carbocycles. The fraction of sp³-hybridized carbons (Fsp3) is 0.182. The highest BCUT2D eigenvalue weighted by Gasteiger charge is 2.27. The van der Waals surface area contributed by atoms with Gasteiger partial charge < -0.3 is 10.5 Å². The highest BCUT2D eigenvalue weighted by molar-refractivity contribution is 5.58. The van der Waals surface area contributed by atoms with Gasteiger partial charge in [-0.25, -0.2) is 0 Å². The minimum absolute atomic E-state index is 0.0559. The van der Waals surface area contributed by atoms with Crippen molar-refractivity contribution in [3.05, 3.63) is 155 Å². The Morgan fingerprint density at radius 1 is 0.639 bits per heavy atom. The van der Waals surface area contributed by atoms with Crippen LogP contribution in [0.25, 0.3) is 0 Å². The van der Waals surface area contributed by atoms with E-state index in [9.17, 15) is 4.79 Å². The molecule has 2 N–H and O–H groups in total. The Balaban J connectivity index is 1.68. The summed E-state index contributed by atoms with van der Waals surface area (Å²) >= 11 is 0. The van der Waals surface area contributed by atoms with E-state index in [1.54, 1.807) is 0 Å². The molecule has 0 bridgehead atoms. The zero-order valence-corrected chi connectivity index (χ0v) is 20.6. The molecule has 4 rings (SSSR count). The average molecular weight is 475 g/mol. The van der Waals surface area contributed by atoms with E-state index in [1.165, 1.54) is 16.7 Å². The summed E-state index contributed by atoms with van der Waals surface area (Å²) in [5, 5.41) is 0. The predicted molar refractivity (Wildman–Crippen MR) is 148 cm³/mol. The summed E-state index contributed by atoms with van der Waals surface area (Å²) in [6.45, 7) is 1.48. The molecule has 0 spiro atoms. The molecule has 4 aromatic rings. The molecule has 0 radical (unpaired) electrons. The van der Waals surface area contributed by atoms with Crippen molar-refractivity contribution in [3.63, 3.8) is 0 Å². The number of hydrogen-bond acceptors (Lipinski definition) is 3. The smallest absolute Gasteiger partial charge is 0.128 e. The molecular formula is C33H34N2O. The number of nitrogens with zero attached hydrogens (tertiary/aromatic N) is 1. The van der Waals surface area contributed by atoms with Gasteiger partial charge in [-0.1, -0.05) is 127 Å². The van der Waals surface area contributed by atoms with Crippen molar-refractivity contribution in [2.24, 2.45) is 11.7 Å². The van der Waals surface area contributed by atoms with Crippen LogP contribution in [0.15, 0.2) is 133 Å². The van der Waals surface area contributed by atoms with E-state index in [1.807, 2.05) is 42.5 Å². The van der Waals surface area contributed by atoms with Gasteiger partial charge in [0.15, 0.2) is 0 Å². The quantitative estimate of drug-likeness (QED) is 0.249. The van der Waals surface area contributed by atoms with Gasteiger partial charge in [0.25, 0.3) is 0 Å². The molecule has 0 saturated heterocycles. The van der Waals surface area contributed by atoms with E-state index in [0.29, 0.717) is 6.42 Å². The monoisotopic (exact) mass is 474 g/mol. The fourth-order valence-electron chi connectivity index (χ4n) is 4.67. The van der Waals surface area contributed by atoms with Gasteiger partial charge >= 0.3 is 0 Å². The van der Waals surface area contributed by atoms with Crippen molar-refractivity contribution in [3.8, 4) is 0 Å². The van der Waals surface area contributed by atoms with Gasteiger partial charge in [-0.2, -0.15) is 0 Å². The fourth-order valence-corrected chi connectivity index (χ4v) is 4.67. The number of aldehydes is 1. The molecule has 0 aliphatic heterocycles. The molecule has 0 aliphatic carbocycles. The van der Waals surface area contributed by atoms with Crippen LogP contribution < -0.4 is 5.73 Å². The number of benzene rings is 4. The minimum atomic E-state index is -0.346. The molecule has 0 saturated carbocycles. The summed E-state index contributed by atoms with van der Waals surface area (Å²) in [6.07, 6.45) is 4.41. The number of rotatable bonds is 12. The van der Waals surface area contributed by atoms with Crippen LogP contribution >= 0.6 is 0 Å². The molecule has 0 fully saturated rings. The Labute approximate surface area is 214 Å². The van der Waals surface area contributed by atoms with E-state index < -0.39 is 0 Å². The second-order valence-corrected chi connectivity index (χ2v) is 9.25. The zero-order valence-electron chi connectivity index (χ0n) is 20.6. The highest BCUT2D eigenvalue weighted by atomic mass is 16.1. The predicted octanol–water partition coefficient (Wildman–Crippen LogP) is 6.20. The SMILES string of the molecule is NC(=CC(C=O)C(Cc1ccccc1)N(Cc1ccccc1)Cc1ccccc1)Cc1ccccc1. The van der Waals surface area contributed by atoms with Gasteiger partial charge in [-0.3, -0.25) is 4.90 Å². The van der Waals surface area contributed by atoms with Crippen LogP contribution in [0.3, 0.4) is 0 Å². The maximum atomic E-state index is 12.6. The van der Waals surface area contributed by atoms with Gasteiger partial charge in [0.2, 0.25) is 0 Å². The molecule has 0 heterocycles. The molecule has 2 atom stereocenters. The van der Waals surface area contributed by atoms with Crippen molar-refractivity contribution in [1.82, 2.24) is 4.90 Å². The van der Waals surface area contributed by atoms with E-state index in [4.69, 9.17) is 5.73 Å². The Kier molecular flexibility index (Phi) is 9.24. The number of carbonyl (C=O) groups excluding carboxylic acids is 1. The summed E-state index contributed by atoms with van der Waals surface area (Å²) in [7, 11) is 0. The highest BCUT2D eigenvalue weighted by Crippen LogP contribution is 2.23. The average Bonchev–Trinajstić information content (AvgIpc) is 2.92. The number of allylic oxidation sites excluding steroid dienone is 1. The molecule has 36 heavy (non-hydrogen) atoms. The largest absolute Gasteiger partial charge is 0.402 e. The standard InChI is InChI=1S/C33H34N2O/c34-32(21-27-13-5-1-6-14-27)23-31(26-36)33(22-28-15-7-2-8-16-28)35(24-29-17-9-3-10-18-29)25-30-19-11-4-12-20-30/h1-20,23,26,31,33H,21-22,24-25,34H2. The third-order valence-corrected chi connectivity index (χ3v) is 6.47. The molecule has 182 valence electrons. The Morgan fingerprint density at radius 2 is 1.06 bits per heavy atom. The first-order valence-electron chi connectivity index (χ1n) is 12.5. The lowest BCUT2D eigenvalue weighted by molar-refractivity contribution is -0.111. The zero-order chi connectivity index (χ0) is 25.0.